The number of amides is 1. The number of para-hydroxylation sites is 1. The Hall–Kier alpha value is -1.49. The molecule has 0 radical (unpaired) electrons. The molecule has 126 valence electrons. The second kappa shape index (κ2) is 7.60. The third-order valence-electron chi connectivity index (χ3n) is 4.08. The predicted molar refractivity (Wildman–Crippen MR) is 102 cm³/mol. The molecule has 0 aromatic heterocycles. The number of rotatable bonds is 4. The molecule has 0 aliphatic carbocycles. The second-order valence-corrected chi connectivity index (χ2v) is 7.86. The van der Waals surface area contributed by atoms with Crippen LogP contribution in [0.4, 0.5) is 5.69 Å². The lowest BCUT2D eigenvalue weighted by molar-refractivity contribution is -0.118. The van der Waals surface area contributed by atoms with E-state index in [1.165, 1.54) is 0 Å². The van der Waals surface area contributed by atoms with Gasteiger partial charge in [-0.3, -0.25) is 4.79 Å². The molecule has 1 aliphatic heterocycles. The maximum Gasteiger partial charge on any atom is 0.228 e. The fourth-order valence-corrected chi connectivity index (χ4v) is 4.29. The van der Waals surface area contributed by atoms with E-state index in [9.17, 15) is 4.79 Å². The third-order valence-corrected chi connectivity index (χ3v) is 5.64. The zero-order valence-electron chi connectivity index (χ0n) is 13.9. The predicted octanol–water partition coefficient (Wildman–Crippen LogP) is 4.47. The number of benzene rings is 2. The van der Waals surface area contributed by atoms with Crippen molar-refractivity contribution in [1.82, 2.24) is 4.90 Å². The summed E-state index contributed by atoms with van der Waals surface area (Å²) in [6.45, 7) is 1.54. The lowest BCUT2D eigenvalue weighted by Crippen LogP contribution is -2.36. The summed E-state index contributed by atoms with van der Waals surface area (Å²) >= 11 is 7.89. The molecule has 2 aromatic carbocycles. The summed E-state index contributed by atoms with van der Waals surface area (Å²) in [5.41, 5.74) is 2.11. The fraction of sp³-hybridized carbons (Fsp3) is 0.316. The molecule has 0 N–H and O–H groups in total. The minimum absolute atomic E-state index is 0.0849. The van der Waals surface area contributed by atoms with Crippen molar-refractivity contribution in [2.45, 2.75) is 16.6 Å². The van der Waals surface area contributed by atoms with Gasteiger partial charge in [0, 0.05) is 34.7 Å². The van der Waals surface area contributed by atoms with E-state index in [1.807, 2.05) is 55.4 Å². The SMILES string of the molecule is CN(C)CCN1C(=O)C[C@H](c2cccc(Cl)c2)Sc2ccccc21. The lowest BCUT2D eigenvalue weighted by Gasteiger charge is -2.24. The number of fused-ring (bicyclic) bond motifs is 1. The van der Waals surface area contributed by atoms with Gasteiger partial charge in [0.2, 0.25) is 5.91 Å². The van der Waals surface area contributed by atoms with Crippen molar-refractivity contribution >= 4 is 35.0 Å². The first kappa shape index (κ1) is 17.3. The van der Waals surface area contributed by atoms with Crippen LogP contribution in [0.5, 0.6) is 0 Å². The summed E-state index contributed by atoms with van der Waals surface area (Å²) in [5.74, 6) is 0.166. The topological polar surface area (TPSA) is 23.6 Å². The van der Waals surface area contributed by atoms with Crippen molar-refractivity contribution < 1.29 is 4.79 Å². The Morgan fingerprint density at radius 1 is 1.21 bits per heavy atom. The fourth-order valence-electron chi connectivity index (χ4n) is 2.82. The van der Waals surface area contributed by atoms with Crippen LogP contribution in [0.15, 0.2) is 53.4 Å². The van der Waals surface area contributed by atoms with Crippen molar-refractivity contribution in [2.75, 3.05) is 32.1 Å². The molecule has 5 heteroatoms. The van der Waals surface area contributed by atoms with E-state index in [0.29, 0.717) is 18.0 Å². The van der Waals surface area contributed by atoms with Gasteiger partial charge in [-0.05, 0) is 43.9 Å². The Morgan fingerprint density at radius 2 is 2.00 bits per heavy atom. The number of anilines is 1. The van der Waals surface area contributed by atoms with Crippen LogP contribution >= 0.6 is 23.4 Å². The highest BCUT2D eigenvalue weighted by Gasteiger charge is 2.29. The average molecular weight is 361 g/mol. The zero-order chi connectivity index (χ0) is 17.1. The van der Waals surface area contributed by atoms with Crippen molar-refractivity contribution in [3.8, 4) is 0 Å². The van der Waals surface area contributed by atoms with Crippen molar-refractivity contribution in [3.63, 3.8) is 0 Å². The Bertz CT molecular complexity index is 735. The Kier molecular flexibility index (Phi) is 5.49. The maximum atomic E-state index is 12.9. The highest BCUT2D eigenvalue weighted by molar-refractivity contribution is 7.99. The van der Waals surface area contributed by atoms with E-state index < -0.39 is 0 Å². The standard InChI is InChI=1S/C19H21ClN2OS/c1-21(2)10-11-22-16-8-3-4-9-17(16)24-18(13-19(22)23)14-6-5-7-15(20)12-14/h3-9,12,18H,10-11,13H2,1-2H3/t18-/m1/s1. The molecule has 0 bridgehead atoms. The van der Waals surface area contributed by atoms with Gasteiger partial charge < -0.3 is 9.80 Å². The summed E-state index contributed by atoms with van der Waals surface area (Å²) in [6, 6.07) is 16.0. The molecule has 1 heterocycles. The Labute approximate surface area is 152 Å². The number of likely N-dealkylation sites (N-methyl/N-ethyl adjacent to an activating group) is 1. The number of thioether (sulfide) groups is 1. The second-order valence-electron chi connectivity index (χ2n) is 6.18. The highest BCUT2D eigenvalue weighted by Crippen LogP contribution is 2.45. The van der Waals surface area contributed by atoms with Gasteiger partial charge in [0.15, 0.2) is 0 Å². The summed E-state index contributed by atoms with van der Waals surface area (Å²) < 4.78 is 0. The largest absolute Gasteiger partial charge is 0.310 e. The molecule has 1 amide bonds. The summed E-state index contributed by atoms with van der Waals surface area (Å²) in [4.78, 5) is 18.1. The average Bonchev–Trinajstić information content (AvgIpc) is 2.69. The molecule has 3 rings (SSSR count). The van der Waals surface area contributed by atoms with E-state index in [4.69, 9.17) is 11.6 Å². The molecular formula is C19H21ClN2OS. The molecule has 24 heavy (non-hydrogen) atoms. The third kappa shape index (κ3) is 3.94. The molecule has 0 saturated carbocycles. The molecule has 2 aromatic rings. The first-order chi connectivity index (χ1) is 11.5. The van der Waals surface area contributed by atoms with E-state index in [2.05, 4.69) is 17.0 Å². The number of halogens is 1. The van der Waals surface area contributed by atoms with Gasteiger partial charge in [0.1, 0.15) is 0 Å². The van der Waals surface area contributed by atoms with Crippen LogP contribution in [-0.4, -0.2) is 38.0 Å². The van der Waals surface area contributed by atoms with Crippen molar-refractivity contribution in [2.24, 2.45) is 0 Å². The number of carbonyl (C=O) groups is 1. The van der Waals surface area contributed by atoms with Gasteiger partial charge in [-0.1, -0.05) is 35.9 Å². The first-order valence-electron chi connectivity index (χ1n) is 8.01. The lowest BCUT2D eigenvalue weighted by atomic mass is 10.1. The van der Waals surface area contributed by atoms with E-state index >= 15 is 0 Å². The quantitative estimate of drug-likeness (QED) is 0.803. The summed E-state index contributed by atoms with van der Waals surface area (Å²) in [5, 5.41) is 0.796. The van der Waals surface area contributed by atoms with Crippen LogP contribution in [0.2, 0.25) is 5.02 Å². The van der Waals surface area contributed by atoms with Gasteiger partial charge in [-0.25, -0.2) is 0 Å². The van der Waals surface area contributed by atoms with E-state index in [-0.39, 0.29) is 11.2 Å². The number of nitrogens with zero attached hydrogens (tertiary/aromatic N) is 2. The number of carbonyl (C=O) groups excluding carboxylic acids is 1. The van der Waals surface area contributed by atoms with Gasteiger partial charge in [0.25, 0.3) is 0 Å². The number of hydrogen-bond donors (Lipinski definition) is 0. The number of hydrogen-bond acceptors (Lipinski definition) is 3. The van der Waals surface area contributed by atoms with Crippen LogP contribution < -0.4 is 4.90 Å². The van der Waals surface area contributed by atoms with Gasteiger partial charge in [-0.15, -0.1) is 11.8 Å². The molecule has 0 spiro atoms. The van der Waals surface area contributed by atoms with Crippen molar-refractivity contribution in [3.05, 3.63) is 59.1 Å². The smallest absolute Gasteiger partial charge is 0.228 e. The minimum atomic E-state index is 0.0849. The molecule has 3 nitrogen and oxygen atoms in total. The van der Waals surface area contributed by atoms with Crippen LogP contribution in [0.25, 0.3) is 0 Å². The molecule has 0 fully saturated rings. The normalized spacial score (nSPS) is 17.8. The van der Waals surface area contributed by atoms with E-state index in [0.717, 1.165) is 22.7 Å². The minimum Gasteiger partial charge on any atom is -0.310 e. The Morgan fingerprint density at radius 3 is 2.75 bits per heavy atom. The Balaban J connectivity index is 1.94. The molecule has 1 aliphatic rings. The first-order valence-corrected chi connectivity index (χ1v) is 9.26. The molecular weight excluding hydrogens is 340 g/mol. The van der Waals surface area contributed by atoms with Gasteiger partial charge >= 0.3 is 0 Å². The maximum absolute atomic E-state index is 12.9. The van der Waals surface area contributed by atoms with Crippen LogP contribution in [0.3, 0.4) is 0 Å². The summed E-state index contributed by atoms with van der Waals surface area (Å²) in [7, 11) is 4.05. The molecule has 0 unspecified atom stereocenters. The summed E-state index contributed by atoms with van der Waals surface area (Å²) in [6.07, 6.45) is 0.479. The van der Waals surface area contributed by atoms with Gasteiger partial charge in [0.05, 0.1) is 5.69 Å². The molecule has 1 atom stereocenters. The van der Waals surface area contributed by atoms with E-state index in [1.54, 1.807) is 11.8 Å². The van der Waals surface area contributed by atoms with Crippen molar-refractivity contribution in [1.29, 1.82) is 0 Å². The van der Waals surface area contributed by atoms with Crippen LogP contribution in [-0.2, 0) is 4.79 Å². The monoisotopic (exact) mass is 360 g/mol. The van der Waals surface area contributed by atoms with Gasteiger partial charge in [-0.2, -0.15) is 0 Å². The highest BCUT2D eigenvalue weighted by atomic mass is 35.5. The zero-order valence-corrected chi connectivity index (χ0v) is 15.5. The molecule has 0 saturated heterocycles. The van der Waals surface area contributed by atoms with Crippen LogP contribution in [0.1, 0.15) is 17.2 Å². The van der Waals surface area contributed by atoms with Crippen LogP contribution in [0, 0.1) is 0 Å².